The minimum Gasteiger partial charge on any atom is -0.383 e. The van der Waals surface area contributed by atoms with Gasteiger partial charge in [-0.05, 0) is 29.8 Å². The van der Waals surface area contributed by atoms with Crippen LogP contribution in [0.3, 0.4) is 0 Å². The SMILES string of the molecule is COCCNCC(=CC1CCSC1)C(C)C. The summed E-state index contributed by atoms with van der Waals surface area (Å²) in [5.74, 6) is 4.12. The molecular formula is C13H25NOS. The van der Waals surface area contributed by atoms with Gasteiger partial charge in [0.2, 0.25) is 0 Å². The largest absolute Gasteiger partial charge is 0.383 e. The number of ether oxygens (including phenoxy) is 1. The molecule has 1 aliphatic rings. The van der Waals surface area contributed by atoms with Gasteiger partial charge in [0.25, 0.3) is 0 Å². The van der Waals surface area contributed by atoms with E-state index < -0.39 is 0 Å². The minimum absolute atomic E-state index is 0.653. The molecule has 16 heavy (non-hydrogen) atoms. The summed E-state index contributed by atoms with van der Waals surface area (Å²) in [4.78, 5) is 0. The zero-order valence-corrected chi connectivity index (χ0v) is 11.6. The van der Waals surface area contributed by atoms with Gasteiger partial charge in [0.1, 0.15) is 0 Å². The molecule has 1 rings (SSSR count). The molecule has 0 aromatic rings. The van der Waals surface area contributed by atoms with Crippen LogP contribution in [0.25, 0.3) is 0 Å². The van der Waals surface area contributed by atoms with Crippen LogP contribution in [0.2, 0.25) is 0 Å². The van der Waals surface area contributed by atoms with Gasteiger partial charge in [-0.3, -0.25) is 0 Å². The predicted octanol–water partition coefficient (Wildman–Crippen LogP) is 2.56. The molecule has 0 amide bonds. The summed E-state index contributed by atoms with van der Waals surface area (Å²) in [6, 6.07) is 0. The minimum atomic E-state index is 0.653. The number of thioether (sulfide) groups is 1. The zero-order chi connectivity index (χ0) is 11.8. The molecule has 1 atom stereocenters. The van der Waals surface area contributed by atoms with Crippen molar-refractivity contribution in [2.45, 2.75) is 20.3 Å². The molecule has 0 radical (unpaired) electrons. The van der Waals surface area contributed by atoms with E-state index in [1.165, 1.54) is 17.9 Å². The Kier molecular flexibility index (Phi) is 7.17. The standard InChI is InChI=1S/C13H25NOS/c1-11(2)13(9-14-5-6-15-3)8-12-4-7-16-10-12/h8,11-12,14H,4-7,9-10H2,1-3H3. The number of hydrogen-bond acceptors (Lipinski definition) is 3. The van der Waals surface area contributed by atoms with Crippen molar-refractivity contribution < 1.29 is 4.74 Å². The second-order valence-electron chi connectivity index (χ2n) is 4.69. The third-order valence-corrected chi connectivity index (χ3v) is 4.16. The third-order valence-electron chi connectivity index (χ3n) is 2.97. The van der Waals surface area contributed by atoms with Crippen LogP contribution >= 0.6 is 11.8 Å². The molecule has 0 aliphatic carbocycles. The fraction of sp³-hybridized carbons (Fsp3) is 0.846. The van der Waals surface area contributed by atoms with Gasteiger partial charge in [0.15, 0.2) is 0 Å². The maximum absolute atomic E-state index is 5.03. The third kappa shape index (κ3) is 5.37. The van der Waals surface area contributed by atoms with E-state index in [9.17, 15) is 0 Å². The van der Waals surface area contributed by atoms with Crippen LogP contribution in [0, 0.1) is 11.8 Å². The first-order chi connectivity index (χ1) is 7.74. The maximum atomic E-state index is 5.03. The fourth-order valence-electron chi connectivity index (χ4n) is 1.85. The molecular weight excluding hydrogens is 218 g/mol. The Hall–Kier alpha value is 0.01000. The van der Waals surface area contributed by atoms with Gasteiger partial charge < -0.3 is 10.1 Å². The summed E-state index contributed by atoms with van der Waals surface area (Å²) >= 11 is 2.08. The van der Waals surface area contributed by atoms with Gasteiger partial charge in [-0.25, -0.2) is 0 Å². The van der Waals surface area contributed by atoms with E-state index in [0.29, 0.717) is 5.92 Å². The molecule has 0 saturated carbocycles. The highest BCUT2D eigenvalue weighted by Crippen LogP contribution is 2.26. The van der Waals surface area contributed by atoms with E-state index in [1.807, 2.05) is 0 Å². The number of allylic oxidation sites excluding steroid dienone is 1. The predicted molar refractivity (Wildman–Crippen MR) is 73.1 cm³/mol. The molecule has 0 spiro atoms. The highest BCUT2D eigenvalue weighted by molar-refractivity contribution is 7.99. The van der Waals surface area contributed by atoms with Gasteiger partial charge in [0, 0.05) is 20.2 Å². The van der Waals surface area contributed by atoms with Crippen LogP contribution in [-0.2, 0) is 4.74 Å². The smallest absolute Gasteiger partial charge is 0.0587 e. The quantitative estimate of drug-likeness (QED) is 0.548. The first-order valence-corrected chi connectivity index (χ1v) is 7.37. The van der Waals surface area contributed by atoms with E-state index in [2.05, 4.69) is 37.0 Å². The average Bonchev–Trinajstić information content (AvgIpc) is 2.75. The molecule has 1 N–H and O–H groups in total. The van der Waals surface area contributed by atoms with Crippen molar-refractivity contribution in [2.24, 2.45) is 11.8 Å². The Morgan fingerprint density at radius 1 is 1.56 bits per heavy atom. The molecule has 1 aliphatic heterocycles. The summed E-state index contributed by atoms with van der Waals surface area (Å²) in [5, 5.41) is 3.44. The molecule has 0 aromatic carbocycles. The first kappa shape index (κ1) is 14.1. The molecule has 3 heteroatoms. The zero-order valence-electron chi connectivity index (χ0n) is 10.8. The van der Waals surface area contributed by atoms with E-state index in [-0.39, 0.29) is 0 Å². The highest BCUT2D eigenvalue weighted by Gasteiger charge is 2.14. The number of hydrogen-bond donors (Lipinski definition) is 1. The summed E-state index contributed by atoms with van der Waals surface area (Å²) in [5.41, 5.74) is 1.56. The normalized spacial score (nSPS) is 22.0. The van der Waals surface area contributed by atoms with Gasteiger partial charge in [0.05, 0.1) is 6.61 Å². The van der Waals surface area contributed by atoms with Crippen LogP contribution in [0.15, 0.2) is 11.6 Å². The van der Waals surface area contributed by atoms with Gasteiger partial charge in [-0.1, -0.05) is 25.5 Å². The monoisotopic (exact) mass is 243 g/mol. The second kappa shape index (κ2) is 8.15. The lowest BCUT2D eigenvalue weighted by Gasteiger charge is -2.15. The Morgan fingerprint density at radius 2 is 2.38 bits per heavy atom. The lowest BCUT2D eigenvalue weighted by molar-refractivity contribution is 0.200. The topological polar surface area (TPSA) is 21.3 Å². The van der Waals surface area contributed by atoms with Gasteiger partial charge >= 0.3 is 0 Å². The Morgan fingerprint density at radius 3 is 2.94 bits per heavy atom. The van der Waals surface area contributed by atoms with E-state index >= 15 is 0 Å². The van der Waals surface area contributed by atoms with Crippen molar-refractivity contribution in [2.75, 3.05) is 38.3 Å². The summed E-state index contributed by atoms with van der Waals surface area (Å²) in [6.07, 6.45) is 3.86. The Balaban J connectivity index is 2.34. The summed E-state index contributed by atoms with van der Waals surface area (Å²) in [6.45, 7) is 7.32. The van der Waals surface area contributed by atoms with E-state index in [4.69, 9.17) is 4.74 Å². The molecule has 1 heterocycles. The highest BCUT2D eigenvalue weighted by atomic mass is 32.2. The van der Waals surface area contributed by atoms with Gasteiger partial charge in [-0.2, -0.15) is 11.8 Å². The van der Waals surface area contributed by atoms with Crippen LogP contribution < -0.4 is 5.32 Å². The first-order valence-electron chi connectivity index (χ1n) is 6.22. The number of nitrogens with one attached hydrogen (secondary N) is 1. The fourth-order valence-corrected chi connectivity index (χ4v) is 3.05. The molecule has 1 saturated heterocycles. The molecule has 0 aromatic heterocycles. The van der Waals surface area contributed by atoms with Crippen molar-refractivity contribution in [3.8, 4) is 0 Å². The van der Waals surface area contributed by atoms with E-state index in [1.54, 1.807) is 12.7 Å². The van der Waals surface area contributed by atoms with Crippen LogP contribution in [0.1, 0.15) is 20.3 Å². The number of rotatable bonds is 7. The lowest BCUT2D eigenvalue weighted by atomic mass is 9.97. The van der Waals surface area contributed by atoms with Crippen LogP contribution in [0.4, 0.5) is 0 Å². The van der Waals surface area contributed by atoms with E-state index in [0.717, 1.165) is 25.6 Å². The molecule has 0 bridgehead atoms. The van der Waals surface area contributed by atoms with Crippen molar-refractivity contribution in [1.82, 2.24) is 5.32 Å². The average molecular weight is 243 g/mol. The molecule has 2 nitrogen and oxygen atoms in total. The van der Waals surface area contributed by atoms with Gasteiger partial charge in [-0.15, -0.1) is 0 Å². The Labute approximate surface area is 104 Å². The van der Waals surface area contributed by atoms with Crippen molar-refractivity contribution >= 4 is 11.8 Å². The second-order valence-corrected chi connectivity index (χ2v) is 5.84. The van der Waals surface area contributed by atoms with Crippen molar-refractivity contribution in [1.29, 1.82) is 0 Å². The molecule has 94 valence electrons. The Bertz CT molecular complexity index is 210. The van der Waals surface area contributed by atoms with Crippen molar-refractivity contribution in [3.05, 3.63) is 11.6 Å². The molecule has 1 fully saturated rings. The lowest BCUT2D eigenvalue weighted by Crippen LogP contribution is -2.23. The molecule has 1 unspecified atom stereocenters. The number of methoxy groups -OCH3 is 1. The summed E-state index contributed by atoms with van der Waals surface area (Å²) in [7, 11) is 1.75. The van der Waals surface area contributed by atoms with Crippen LogP contribution in [-0.4, -0.2) is 38.3 Å². The van der Waals surface area contributed by atoms with Crippen molar-refractivity contribution in [3.63, 3.8) is 0 Å². The maximum Gasteiger partial charge on any atom is 0.0587 e. The van der Waals surface area contributed by atoms with Crippen LogP contribution in [0.5, 0.6) is 0 Å². The summed E-state index contributed by atoms with van der Waals surface area (Å²) < 4.78 is 5.03.